The van der Waals surface area contributed by atoms with Crippen molar-refractivity contribution in [3.63, 3.8) is 0 Å². The second-order valence-electron chi connectivity index (χ2n) is 4.48. The van der Waals surface area contributed by atoms with Gasteiger partial charge in [-0.25, -0.2) is 22.6 Å². The van der Waals surface area contributed by atoms with Crippen LogP contribution in [-0.2, 0) is 9.84 Å². The van der Waals surface area contributed by atoms with Gasteiger partial charge in [-0.05, 0) is 18.4 Å². The maximum Gasteiger partial charge on any atom is 0.338 e. The van der Waals surface area contributed by atoms with Crippen molar-refractivity contribution in [2.45, 2.75) is 6.42 Å². The van der Waals surface area contributed by atoms with Crippen molar-refractivity contribution in [1.82, 2.24) is 4.98 Å². The summed E-state index contributed by atoms with van der Waals surface area (Å²) in [4.78, 5) is 14.5. The van der Waals surface area contributed by atoms with Crippen LogP contribution in [0.5, 0.6) is 0 Å². The van der Waals surface area contributed by atoms with E-state index in [1.165, 1.54) is 6.20 Å². The summed E-state index contributed by atoms with van der Waals surface area (Å²) in [5.41, 5.74) is -0.462. The average Bonchev–Trinajstić information content (AvgIpc) is 2.67. The van der Waals surface area contributed by atoms with Crippen LogP contribution in [0, 0.1) is 11.7 Å². The molecule has 0 aromatic carbocycles. The quantitative estimate of drug-likeness (QED) is 0.849. The number of carboxylic acid groups (broad SMARTS) is 1. The number of carboxylic acids is 1. The van der Waals surface area contributed by atoms with Gasteiger partial charge in [-0.15, -0.1) is 0 Å². The first kappa shape index (κ1) is 13.7. The van der Waals surface area contributed by atoms with E-state index in [0.717, 1.165) is 6.07 Å². The molecular weight excluding hydrogens is 275 g/mol. The number of aromatic carboxylic acids is 1. The van der Waals surface area contributed by atoms with Crippen molar-refractivity contribution >= 4 is 21.6 Å². The fraction of sp³-hybridized carbons (Fsp3) is 0.455. The third kappa shape index (κ3) is 3.19. The summed E-state index contributed by atoms with van der Waals surface area (Å²) in [7, 11) is -2.98. The minimum atomic E-state index is -2.98. The van der Waals surface area contributed by atoms with E-state index in [1.54, 1.807) is 0 Å². The Kier molecular flexibility index (Phi) is 3.70. The van der Waals surface area contributed by atoms with Gasteiger partial charge in [0.2, 0.25) is 0 Å². The number of nitrogens with one attached hydrogen (secondary N) is 1. The number of halogens is 1. The molecule has 1 aliphatic heterocycles. The average molecular weight is 288 g/mol. The maximum absolute atomic E-state index is 13.7. The van der Waals surface area contributed by atoms with Crippen LogP contribution in [0.25, 0.3) is 0 Å². The van der Waals surface area contributed by atoms with Crippen LogP contribution in [0.3, 0.4) is 0 Å². The summed E-state index contributed by atoms with van der Waals surface area (Å²) in [5.74, 6) is -2.35. The first-order valence-electron chi connectivity index (χ1n) is 5.71. The third-order valence-electron chi connectivity index (χ3n) is 3.00. The minimum absolute atomic E-state index is 0.0697. The van der Waals surface area contributed by atoms with Crippen LogP contribution in [0.15, 0.2) is 12.3 Å². The summed E-state index contributed by atoms with van der Waals surface area (Å²) < 4.78 is 36.3. The molecule has 19 heavy (non-hydrogen) atoms. The molecule has 0 amide bonds. The molecule has 1 fully saturated rings. The van der Waals surface area contributed by atoms with Crippen molar-refractivity contribution < 1.29 is 22.7 Å². The predicted octanol–water partition coefficient (Wildman–Crippen LogP) is 0.766. The van der Waals surface area contributed by atoms with Crippen molar-refractivity contribution in [2.24, 2.45) is 5.92 Å². The van der Waals surface area contributed by atoms with Gasteiger partial charge in [-0.3, -0.25) is 0 Å². The van der Waals surface area contributed by atoms with Gasteiger partial charge in [0.05, 0.1) is 11.5 Å². The normalized spacial score (nSPS) is 21.2. The smallest absolute Gasteiger partial charge is 0.338 e. The Morgan fingerprint density at radius 2 is 2.32 bits per heavy atom. The van der Waals surface area contributed by atoms with Gasteiger partial charge >= 0.3 is 5.97 Å². The van der Waals surface area contributed by atoms with E-state index >= 15 is 0 Å². The molecule has 1 atom stereocenters. The lowest BCUT2D eigenvalue weighted by Gasteiger charge is -2.11. The molecular formula is C11H13FN2O4S. The molecule has 0 spiro atoms. The summed E-state index contributed by atoms with van der Waals surface area (Å²) in [6.45, 7) is 0.256. The van der Waals surface area contributed by atoms with Gasteiger partial charge in [0.1, 0.15) is 5.56 Å². The van der Waals surface area contributed by atoms with Crippen LogP contribution in [0.4, 0.5) is 10.2 Å². The molecule has 1 aromatic heterocycles. The van der Waals surface area contributed by atoms with E-state index in [9.17, 15) is 17.6 Å². The van der Waals surface area contributed by atoms with Crippen LogP contribution < -0.4 is 5.32 Å². The Bertz CT molecular complexity index is 603. The van der Waals surface area contributed by atoms with E-state index in [2.05, 4.69) is 10.3 Å². The topological polar surface area (TPSA) is 96.4 Å². The first-order chi connectivity index (χ1) is 8.89. The Labute approximate surface area is 109 Å². The van der Waals surface area contributed by atoms with E-state index < -0.39 is 27.2 Å². The second-order valence-corrected chi connectivity index (χ2v) is 6.70. The molecule has 6 nitrogen and oxygen atoms in total. The van der Waals surface area contributed by atoms with Gasteiger partial charge in [0.15, 0.2) is 21.5 Å². The highest BCUT2D eigenvalue weighted by atomic mass is 32.2. The fourth-order valence-corrected chi connectivity index (χ4v) is 3.87. The highest BCUT2D eigenvalue weighted by Crippen LogP contribution is 2.20. The Hall–Kier alpha value is -1.70. The molecule has 104 valence electrons. The van der Waals surface area contributed by atoms with Crippen LogP contribution >= 0.6 is 0 Å². The number of anilines is 1. The SMILES string of the molecule is O=C(O)c1ccnc(NCC2CCS(=O)(=O)C2)c1F. The zero-order chi connectivity index (χ0) is 14.0. The second kappa shape index (κ2) is 5.12. The largest absolute Gasteiger partial charge is 0.478 e. The standard InChI is InChI=1S/C11H13FN2O4S/c12-9-8(11(15)16)1-3-13-10(9)14-5-7-2-4-19(17,18)6-7/h1,3,7H,2,4-6H2,(H,13,14)(H,15,16). The Morgan fingerprint density at radius 3 is 2.89 bits per heavy atom. The monoisotopic (exact) mass is 288 g/mol. The number of pyridine rings is 1. The Morgan fingerprint density at radius 1 is 1.58 bits per heavy atom. The molecule has 2 heterocycles. The number of hydrogen-bond donors (Lipinski definition) is 2. The van der Waals surface area contributed by atoms with E-state index in [4.69, 9.17) is 5.11 Å². The van der Waals surface area contributed by atoms with Crippen molar-refractivity contribution in [2.75, 3.05) is 23.4 Å². The molecule has 2 N–H and O–H groups in total. The highest BCUT2D eigenvalue weighted by Gasteiger charge is 2.28. The molecule has 0 bridgehead atoms. The zero-order valence-electron chi connectivity index (χ0n) is 9.97. The molecule has 8 heteroatoms. The third-order valence-corrected chi connectivity index (χ3v) is 4.84. The summed E-state index contributed by atoms with van der Waals surface area (Å²) in [6, 6.07) is 1.07. The number of hydrogen-bond acceptors (Lipinski definition) is 5. The Balaban J connectivity index is 2.05. The number of rotatable bonds is 4. The molecule has 1 aromatic rings. The van der Waals surface area contributed by atoms with Gasteiger partial charge in [0.25, 0.3) is 0 Å². The van der Waals surface area contributed by atoms with E-state index in [0.29, 0.717) is 6.42 Å². The lowest BCUT2D eigenvalue weighted by molar-refractivity contribution is 0.0692. The molecule has 1 unspecified atom stereocenters. The number of aromatic nitrogens is 1. The van der Waals surface area contributed by atoms with Crippen LogP contribution in [0.1, 0.15) is 16.8 Å². The zero-order valence-corrected chi connectivity index (χ0v) is 10.8. The van der Waals surface area contributed by atoms with Gasteiger partial charge in [0, 0.05) is 12.7 Å². The van der Waals surface area contributed by atoms with Gasteiger partial charge < -0.3 is 10.4 Å². The lowest BCUT2D eigenvalue weighted by atomic mass is 10.1. The van der Waals surface area contributed by atoms with E-state index in [1.807, 2.05) is 0 Å². The van der Waals surface area contributed by atoms with Crippen molar-refractivity contribution in [1.29, 1.82) is 0 Å². The maximum atomic E-state index is 13.7. The predicted molar refractivity (Wildman–Crippen MR) is 66.4 cm³/mol. The lowest BCUT2D eigenvalue weighted by Crippen LogP contribution is -2.17. The highest BCUT2D eigenvalue weighted by molar-refractivity contribution is 7.91. The molecule has 2 rings (SSSR count). The summed E-state index contributed by atoms with van der Waals surface area (Å²) in [6.07, 6.45) is 1.72. The number of nitrogens with zero attached hydrogens (tertiary/aromatic N) is 1. The summed E-state index contributed by atoms with van der Waals surface area (Å²) in [5, 5.41) is 11.4. The van der Waals surface area contributed by atoms with Gasteiger partial charge in [-0.1, -0.05) is 0 Å². The van der Waals surface area contributed by atoms with Crippen molar-refractivity contribution in [3.05, 3.63) is 23.6 Å². The molecule has 0 saturated carbocycles. The van der Waals surface area contributed by atoms with Gasteiger partial charge in [-0.2, -0.15) is 0 Å². The number of sulfone groups is 1. The minimum Gasteiger partial charge on any atom is -0.478 e. The van der Waals surface area contributed by atoms with Crippen LogP contribution in [0.2, 0.25) is 0 Å². The fourth-order valence-electron chi connectivity index (χ4n) is 2.01. The number of carbonyl (C=O) groups is 1. The summed E-state index contributed by atoms with van der Waals surface area (Å²) >= 11 is 0. The molecule has 1 saturated heterocycles. The first-order valence-corrected chi connectivity index (χ1v) is 7.53. The van der Waals surface area contributed by atoms with E-state index in [-0.39, 0.29) is 29.8 Å². The molecule has 0 aliphatic carbocycles. The van der Waals surface area contributed by atoms with Crippen LogP contribution in [-0.4, -0.2) is 42.5 Å². The van der Waals surface area contributed by atoms with Crippen molar-refractivity contribution in [3.8, 4) is 0 Å². The molecule has 1 aliphatic rings. The molecule has 0 radical (unpaired) electrons.